The Morgan fingerprint density at radius 2 is 2.14 bits per heavy atom. The molecule has 0 radical (unpaired) electrons. The van der Waals surface area contributed by atoms with E-state index in [1.165, 1.54) is 9.75 Å². The summed E-state index contributed by atoms with van der Waals surface area (Å²) in [5.41, 5.74) is -0.447. The highest BCUT2D eigenvalue weighted by Gasteiger charge is 2.48. The lowest BCUT2D eigenvalue weighted by atomic mass is 9.99. The Balaban J connectivity index is 2.34. The maximum Gasteiger partial charge on any atom is 0.244 e. The fourth-order valence-corrected chi connectivity index (χ4v) is 3.80. The number of aryl methyl sites for hydroxylation is 1. The maximum atomic E-state index is 12.9. The second-order valence-corrected chi connectivity index (χ2v) is 9.41. The van der Waals surface area contributed by atoms with E-state index in [4.69, 9.17) is 0 Å². The van der Waals surface area contributed by atoms with Gasteiger partial charge in [0, 0.05) is 21.0 Å². The van der Waals surface area contributed by atoms with Crippen LogP contribution in [0.15, 0.2) is 12.1 Å². The number of carbonyl (C=O) groups is 1. The lowest BCUT2D eigenvalue weighted by Gasteiger charge is -2.32. The van der Waals surface area contributed by atoms with Crippen LogP contribution >= 0.6 is 23.1 Å². The SMILES string of the molecule is CCC1(C)NC(c2ccc(C)s2)N(CC(C)(C)SC)C1=O. The van der Waals surface area contributed by atoms with Gasteiger partial charge in [-0.2, -0.15) is 11.8 Å². The molecule has 0 aromatic carbocycles. The number of nitrogens with zero attached hydrogens (tertiary/aromatic N) is 1. The molecule has 21 heavy (non-hydrogen) atoms. The number of hydrogen-bond donors (Lipinski definition) is 1. The molecule has 0 bridgehead atoms. The third kappa shape index (κ3) is 3.30. The number of amides is 1. The van der Waals surface area contributed by atoms with E-state index in [9.17, 15) is 4.79 Å². The standard InChI is InChI=1S/C16H26N2OS2/c1-7-16(5)14(19)18(10-15(3,4)20-6)13(17-16)12-9-8-11(2)21-12/h8-9,13,17H,7,10H2,1-6H3. The molecule has 2 unspecified atom stereocenters. The highest BCUT2D eigenvalue weighted by Crippen LogP contribution is 2.38. The number of carbonyl (C=O) groups excluding carboxylic acids is 1. The van der Waals surface area contributed by atoms with E-state index in [0.717, 1.165) is 13.0 Å². The average Bonchev–Trinajstić information content (AvgIpc) is 2.96. The predicted octanol–water partition coefficient (Wildman–Crippen LogP) is 3.80. The highest BCUT2D eigenvalue weighted by molar-refractivity contribution is 7.99. The Morgan fingerprint density at radius 3 is 2.62 bits per heavy atom. The van der Waals surface area contributed by atoms with Gasteiger partial charge in [0.25, 0.3) is 0 Å². The van der Waals surface area contributed by atoms with Crippen LogP contribution in [0.2, 0.25) is 0 Å². The third-order valence-electron chi connectivity index (χ3n) is 4.34. The third-order valence-corrected chi connectivity index (χ3v) is 6.63. The molecule has 1 amide bonds. The minimum absolute atomic E-state index is 0.00701. The fourth-order valence-electron chi connectivity index (χ4n) is 2.59. The first-order chi connectivity index (χ1) is 9.72. The molecule has 1 aromatic rings. The number of nitrogens with one attached hydrogen (secondary N) is 1. The molecule has 2 heterocycles. The van der Waals surface area contributed by atoms with Crippen molar-refractivity contribution in [1.82, 2.24) is 10.2 Å². The van der Waals surface area contributed by atoms with Crippen LogP contribution in [0.25, 0.3) is 0 Å². The zero-order chi connectivity index (χ0) is 15.8. The van der Waals surface area contributed by atoms with Crippen molar-refractivity contribution in [2.24, 2.45) is 0 Å². The van der Waals surface area contributed by atoms with Crippen LogP contribution in [-0.4, -0.2) is 33.9 Å². The Hall–Kier alpha value is -0.520. The molecule has 1 aromatic heterocycles. The highest BCUT2D eigenvalue weighted by atomic mass is 32.2. The molecular formula is C16H26N2OS2. The smallest absolute Gasteiger partial charge is 0.244 e. The van der Waals surface area contributed by atoms with Gasteiger partial charge in [0.1, 0.15) is 6.17 Å². The zero-order valence-electron chi connectivity index (χ0n) is 13.8. The van der Waals surface area contributed by atoms with Gasteiger partial charge in [0.15, 0.2) is 0 Å². The van der Waals surface area contributed by atoms with Gasteiger partial charge < -0.3 is 4.90 Å². The Labute approximate surface area is 136 Å². The number of thioether (sulfide) groups is 1. The Morgan fingerprint density at radius 1 is 1.48 bits per heavy atom. The van der Waals surface area contributed by atoms with Gasteiger partial charge in [0.2, 0.25) is 5.91 Å². The van der Waals surface area contributed by atoms with E-state index in [2.05, 4.69) is 51.4 Å². The van der Waals surface area contributed by atoms with Crippen molar-refractivity contribution in [3.63, 3.8) is 0 Å². The molecular weight excluding hydrogens is 300 g/mol. The molecule has 118 valence electrons. The van der Waals surface area contributed by atoms with Crippen molar-refractivity contribution in [1.29, 1.82) is 0 Å². The Bertz CT molecular complexity index is 526. The fraction of sp³-hybridized carbons (Fsp3) is 0.688. The van der Waals surface area contributed by atoms with E-state index in [1.54, 1.807) is 11.3 Å². The summed E-state index contributed by atoms with van der Waals surface area (Å²) in [6, 6.07) is 4.27. The molecule has 1 N–H and O–H groups in total. The summed E-state index contributed by atoms with van der Waals surface area (Å²) < 4.78 is 0.0564. The second kappa shape index (κ2) is 5.94. The van der Waals surface area contributed by atoms with Crippen molar-refractivity contribution in [2.45, 2.75) is 57.5 Å². The summed E-state index contributed by atoms with van der Waals surface area (Å²) in [4.78, 5) is 17.5. The van der Waals surface area contributed by atoms with Crippen molar-refractivity contribution >= 4 is 29.0 Å². The van der Waals surface area contributed by atoms with Crippen molar-refractivity contribution < 1.29 is 4.79 Å². The summed E-state index contributed by atoms with van der Waals surface area (Å²) in [7, 11) is 0. The maximum absolute atomic E-state index is 12.9. The van der Waals surface area contributed by atoms with Crippen LogP contribution in [0.1, 0.15) is 50.0 Å². The van der Waals surface area contributed by atoms with Gasteiger partial charge in [-0.15, -0.1) is 11.3 Å². The van der Waals surface area contributed by atoms with Crippen LogP contribution < -0.4 is 5.32 Å². The van der Waals surface area contributed by atoms with Gasteiger partial charge >= 0.3 is 0 Å². The summed E-state index contributed by atoms with van der Waals surface area (Å²) in [5.74, 6) is 0.225. The van der Waals surface area contributed by atoms with Crippen LogP contribution in [0.3, 0.4) is 0 Å². The summed E-state index contributed by atoms with van der Waals surface area (Å²) in [6.45, 7) is 11.4. The first-order valence-electron chi connectivity index (χ1n) is 7.43. The van der Waals surface area contributed by atoms with Crippen LogP contribution in [0, 0.1) is 6.92 Å². The van der Waals surface area contributed by atoms with E-state index < -0.39 is 5.54 Å². The minimum Gasteiger partial charge on any atom is -0.319 e. The zero-order valence-corrected chi connectivity index (χ0v) is 15.5. The number of thiophene rings is 1. The molecule has 5 heteroatoms. The van der Waals surface area contributed by atoms with Gasteiger partial charge in [-0.3, -0.25) is 10.1 Å². The van der Waals surface area contributed by atoms with Crippen LogP contribution in [0.4, 0.5) is 0 Å². The first-order valence-corrected chi connectivity index (χ1v) is 9.47. The first kappa shape index (κ1) is 16.8. The van der Waals surface area contributed by atoms with Gasteiger partial charge in [-0.25, -0.2) is 0 Å². The van der Waals surface area contributed by atoms with Crippen LogP contribution in [-0.2, 0) is 4.79 Å². The lowest BCUT2D eigenvalue weighted by Crippen LogP contribution is -2.44. The van der Waals surface area contributed by atoms with E-state index in [1.807, 2.05) is 23.6 Å². The number of hydrogen-bond acceptors (Lipinski definition) is 4. The topological polar surface area (TPSA) is 32.3 Å². The molecule has 0 aliphatic carbocycles. The summed E-state index contributed by atoms with van der Waals surface area (Å²) in [5, 5.41) is 3.57. The molecule has 3 nitrogen and oxygen atoms in total. The largest absolute Gasteiger partial charge is 0.319 e. The molecule has 0 spiro atoms. The van der Waals surface area contributed by atoms with Crippen LogP contribution in [0.5, 0.6) is 0 Å². The predicted molar refractivity (Wildman–Crippen MR) is 92.9 cm³/mol. The van der Waals surface area contributed by atoms with Gasteiger partial charge in [-0.05, 0) is 52.5 Å². The van der Waals surface area contributed by atoms with E-state index >= 15 is 0 Å². The molecule has 2 atom stereocenters. The monoisotopic (exact) mass is 326 g/mol. The van der Waals surface area contributed by atoms with E-state index in [-0.39, 0.29) is 16.8 Å². The van der Waals surface area contributed by atoms with Gasteiger partial charge in [0.05, 0.1) is 5.54 Å². The molecule has 1 fully saturated rings. The molecule has 0 saturated carbocycles. The normalized spacial score (nSPS) is 26.7. The van der Waals surface area contributed by atoms with Gasteiger partial charge in [-0.1, -0.05) is 6.92 Å². The van der Waals surface area contributed by atoms with E-state index in [0.29, 0.717) is 0 Å². The lowest BCUT2D eigenvalue weighted by molar-refractivity contribution is -0.133. The van der Waals surface area contributed by atoms with Crippen molar-refractivity contribution in [3.05, 3.63) is 21.9 Å². The molecule has 1 aliphatic heterocycles. The molecule has 1 saturated heterocycles. The van der Waals surface area contributed by atoms with Crippen molar-refractivity contribution in [2.75, 3.05) is 12.8 Å². The number of rotatable bonds is 5. The second-order valence-electron chi connectivity index (χ2n) is 6.58. The quantitative estimate of drug-likeness (QED) is 0.893. The minimum atomic E-state index is -0.447. The Kier molecular flexibility index (Phi) is 4.76. The van der Waals surface area contributed by atoms with Crippen molar-refractivity contribution in [3.8, 4) is 0 Å². The molecule has 1 aliphatic rings. The summed E-state index contributed by atoms with van der Waals surface area (Å²) >= 11 is 3.58. The summed E-state index contributed by atoms with van der Waals surface area (Å²) in [6.07, 6.45) is 2.92. The molecule has 2 rings (SSSR count). The average molecular weight is 327 g/mol.